The molecule has 0 aliphatic rings. The topological polar surface area (TPSA) is 81.0 Å². The fraction of sp³-hybridized carbons (Fsp3) is 0.231. The molecule has 2 rings (SSSR count). The van der Waals surface area contributed by atoms with Gasteiger partial charge in [0.15, 0.2) is 0 Å². The van der Waals surface area contributed by atoms with Crippen molar-refractivity contribution in [2.24, 2.45) is 0 Å². The van der Waals surface area contributed by atoms with Crippen LogP contribution in [0, 0.1) is 10.1 Å². The normalized spacial score (nSPS) is 10.1. The van der Waals surface area contributed by atoms with Crippen molar-refractivity contribution >= 4 is 11.6 Å². The van der Waals surface area contributed by atoms with Gasteiger partial charge in [-0.3, -0.25) is 10.1 Å². The maximum Gasteiger partial charge on any atom is 0.305 e. The van der Waals surface area contributed by atoms with E-state index in [2.05, 4.69) is 27.4 Å². The molecule has 98 valence electrons. The molecule has 0 atom stereocenters. The van der Waals surface area contributed by atoms with E-state index < -0.39 is 4.92 Å². The van der Waals surface area contributed by atoms with Gasteiger partial charge in [-0.25, -0.2) is 9.97 Å². The highest BCUT2D eigenvalue weighted by Crippen LogP contribution is 2.08. The van der Waals surface area contributed by atoms with Crippen molar-refractivity contribution < 1.29 is 4.92 Å². The summed E-state index contributed by atoms with van der Waals surface area (Å²) in [5.41, 5.74) is 1.18. The minimum atomic E-state index is -0.515. The van der Waals surface area contributed by atoms with Crippen LogP contribution in [-0.4, -0.2) is 21.4 Å². The largest absolute Gasteiger partial charge is 0.354 e. The number of nitrogens with zero attached hydrogens (tertiary/aromatic N) is 3. The van der Waals surface area contributed by atoms with Crippen molar-refractivity contribution in [2.75, 3.05) is 11.9 Å². The molecule has 0 fully saturated rings. The molecule has 6 nitrogen and oxygen atoms in total. The summed E-state index contributed by atoms with van der Waals surface area (Å²) < 4.78 is 0. The molecule has 19 heavy (non-hydrogen) atoms. The lowest BCUT2D eigenvalue weighted by atomic mass is 10.1. The average molecular weight is 258 g/mol. The lowest BCUT2D eigenvalue weighted by molar-refractivity contribution is -0.385. The molecule has 0 unspecified atom stereocenters. The van der Waals surface area contributed by atoms with Gasteiger partial charge in [0.25, 0.3) is 0 Å². The molecule has 0 aliphatic carbocycles. The first kappa shape index (κ1) is 12.9. The minimum Gasteiger partial charge on any atom is -0.354 e. The summed E-state index contributed by atoms with van der Waals surface area (Å²) in [5, 5.41) is 13.5. The Balaban J connectivity index is 1.75. The van der Waals surface area contributed by atoms with Crippen LogP contribution in [0.1, 0.15) is 12.0 Å². The summed E-state index contributed by atoms with van der Waals surface area (Å²) in [4.78, 5) is 17.7. The second kappa shape index (κ2) is 6.44. The number of nitro groups is 1. The number of rotatable bonds is 6. The monoisotopic (exact) mass is 258 g/mol. The number of hydrogen-bond donors (Lipinski definition) is 1. The molecule has 1 N–H and O–H groups in total. The van der Waals surface area contributed by atoms with E-state index in [-0.39, 0.29) is 5.69 Å². The molecule has 1 aromatic heterocycles. The Labute approximate surface area is 110 Å². The number of nitrogens with one attached hydrogen (secondary N) is 1. The molecule has 1 aromatic carbocycles. The third kappa shape index (κ3) is 4.02. The summed E-state index contributed by atoms with van der Waals surface area (Å²) in [6, 6.07) is 10.2. The van der Waals surface area contributed by atoms with Crippen LogP contribution in [0.4, 0.5) is 11.6 Å². The van der Waals surface area contributed by atoms with Gasteiger partial charge in [-0.1, -0.05) is 30.3 Å². The lowest BCUT2D eigenvalue weighted by Gasteiger charge is -2.04. The van der Waals surface area contributed by atoms with Crippen molar-refractivity contribution in [1.82, 2.24) is 9.97 Å². The fourth-order valence-corrected chi connectivity index (χ4v) is 1.64. The first-order valence-corrected chi connectivity index (χ1v) is 6.00. The number of aromatic nitrogens is 2. The van der Waals surface area contributed by atoms with E-state index >= 15 is 0 Å². The smallest absolute Gasteiger partial charge is 0.305 e. The molecule has 0 radical (unpaired) electrons. The van der Waals surface area contributed by atoms with Crippen LogP contribution in [-0.2, 0) is 6.42 Å². The second-order valence-corrected chi connectivity index (χ2v) is 4.04. The SMILES string of the molecule is O=[N+]([O-])c1cnc(NCCCc2ccccc2)nc1. The van der Waals surface area contributed by atoms with Crippen LogP contribution in [0.15, 0.2) is 42.7 Å². The van der Waals surface area contributed by atoms with Gasteiger partial charge in [0.2, 0.25) is 5.95 Å². The first-order chi connectivity index (χ1) is 9.25. The van der Waals surface area contributed by atoms with E-state index in [1.165, 1.54) is 18.0 Å². The Morgan fingerprint density at radius 2 is 1.84 bits per heavy atom. The Morgan fingerprint density at radius 3 is 2.47 bits per heavy atom. The van der Waals surface area contributed by atoms with Crippen LogP contribution >= 0.6 is 0 Å². The zero-order valence-corrected chi connectivity index (χ0v) is 10.3. The summed E-state index contributed by atoms with van der Waals surface area (Å²) in [5.74, 6) is 0.415. The molecule has 6 heteroatoms. The van der Waals surface area contributed by atoms with Gasteiger partial charge in [0, 0.05) is 6.54 Å². The van der Waals surface area contributed by atoms with Crippen LogP contribution in [0.25, 0.3) is 0 Å². The van der Waals surface area contributed by atoms with E-state index in [1.54, 1.807) is 0 Å². The minimum absolute atomic E-state index is 0.102. The molecule has 0 saturated carbocycles. The highest BCUT2D eigenvalue weighted by molar-refractivity contribution is 5.30. The zero-order valence-electron chi connectivity index (χ0n) is 10.3. The first-order valence-electron chi connectivity index (χ1n) is 6.00. The third-order valence-corrected chi connectivity index (χ3v) is 2.62. The lowest BCUT2D eigenvalue weighted by Crippen LogP contribution is -2.06. The Bertz CT molecular complexity index is 528. The Morgan fingerprint density at radius 1 is 1.16 bits per heavy atom. The maximum atomic E-state index is 10.4. The predicted molar refractivity (Wildman–Crippen MR) is 71.9 cm³/mol. The highest BCUT2D eigenvalue weighted by Gasteiger charge is 2.05. The van der Waals surface area contributed by atoms with Crippen molar-refractivity contribution in [3.63, 3.8) is 0 Å². The van der Waals surface area contributed by atoms with Crippen molar-refractivity contribution in [3.05, 3.63) is 58.4 Å². The summed E-state index contributed by atoms with van der Waals surface area (Å²) in [7, 11) is 0. The van der Waals surface area contributed by atoms with E-state index in [9.17, 15) is 10.1 Å². The van der Waals surface area contributed by atoms with Gasteiger partial charge in [0.05, 0.1) is 4.92 Å². The summed E-state index contributed by atoms with van der Waals surface area (Å²) >= 11 is 0. The fourth-order valence-electron chi connectivity index (χ4n) is 1.64. The molecular formula is C13H14N4O2. The van der Waals surface area contributed by atoms with Crippen LogP contribution < -0.4 is 5.32 Å². The van der Waals surface area contributed by atoms with Crippen LogP contribution in [0.5, 0.6) is 0 Å². The second-order valence-electron chi connectivity index (χ2n) is 4.04. The number of anilines is 1. The van der Waals surface area contributed by atoms with Crippen molar-refractivity contribution in [3.8, 4) is 0 Å². The van der Waals surface area contributed by atoms with Crippen LogP contribution in [0.3, 0.4) is 0 Å². The highest BCUT2D eigenvalue weighted by atomic mass is 16.6. The van der Waals surface area contributed by atoms with E-state index in [1.807, 2.05) is 18.2 Å². The van der Waals surface area contributed by atoms with Gasteiger partial charge in [-0.05, 0) is 18.4 Å². The molecule has 0 saturated heterocycles. The molecule has 1 heterocycles. The maximum absolute atomic E-state index is 10.4. The van der Waals surface area contributed by atoms with Crippen molar-refractivity contribution in [2.45, 2.75) is 12.8 Å². The van der Waals surface area contributed by atoms with E-state index in [0.717, 1.165) is 19.4 Å². The Kier molecular flexibility index (Phi) is 4.39. The van der Waals surface area contributed by atoms with Gasteiger partial charge in [-0.15, -0.1) is 0 Å². The standard InChI is InChI=1S/C13H14N4O2/c18-17(19)12-9-15-13(16-10-12)14-8-4-7-11-5-2-1-3-6-11/h1-3,5-6,9-10H,4,7-8H2,(H,14,15,16). The van der Waals surface area contributed by atoms with Gasteiger partial charge < -0.3 is 5.32 Å². The quantitative estimate of drug-likeness (QED) is 0.489. The Hall–Kier alpha value is -2.50. The van der Waals surface area contributed by atoms with Gasteiger partial charge in [-0.2, -0.15) is 0 Å². The molecule has 0 aliphatic heterocycles. The van der Waals surface area contributed by atoms with Crippen molar-refractivity contribution in [1.29, 1.82) is 0 Å². The molecule has 0 amide bonds. The van der Waals surface area contributed by atoms with E-state index in [4.69, 9.17) is 0 Å². The average Bonchev–Trinajstić information content (AvgIpc) is 2.45. The number of aryl methyl sites for hydroxylation is 1. The molecule has 0 bridgehead atoms. The molecule has 2 aromatic rings. The zero-order chi connectivity index (χ0) is 13.5. The van der Waals surface area contributed by atoms with Gasteiger partial charge >= 0.3 is 5.69 Å². The number of benzene rings is 1. The third-order valence-electron chi connectivity index (χ3n) is 2.62. The van der Waals surface area contributed by atoms with Gasteiger partial charge in [0.1, 0.15) is 12.4 Å². The summed E-state index contributed by atoms with van der Waals surface area (Å²) in [6.07, 6.45) is 4.32. The molecule has 0 spiro atoms. The van der Waals surface area contributed by atoms with E-state index in [0.29, 0.717) is 5.95 Å². The summed E-state index contributed by atoms with van der Waals surface area (Å²) in [6.45, 7) is 0.729. The predicted octanol–water partition coefficient (Wildman–Crippen LogP) is 2.43. The van der Waals surface area contributed by atoms with Crippen LogP contribution in [0.2, 0.25) is 0 Å². The number of hydrogen-bond acceptors (Lipinski definition) is 5. The molecular weight excluding hydrogens is 244 g/mol.